The van der Waals surface area contributed by atoms with E-state index in [2.05, 4.69) is 12.2 Å². The van der Waals surface area contributed by atoms with Gasteiger partial charge in [-0.05, 0) is 24.1 Å². The van der Waals surface area contributed by atoms with Gasteiger partial charge in [-0.25, -0.2) is 0 Å². The predicted octanol–water partition coefficient (Wildman–Crippen LogP) is 1.79. The second-order valence-electron chi connectivity index (χ2n) is 4.01. The number of aryl methyl sites for hydroxylation is 1. The van der Waals surface area contributed by atoms with Gasteiger partial charge in [0.1, 0.15) is 5.75 Å². The number of rotatable bonds is 5. The number of nitrogens with two attached hydrogens (primary N) is 1. The van der Waals surface area contributed by atoms with E-state index in [9.17, 15) is 4.79 Å². The Bertz CT molecular complexity index is 391. The molecule has 1 aromatic rings. The number of nitrogens with one attached hydrogen (secondary N) is 1. The maximum atomic E-state index is 11.8. The number of ether oxygens (including phenoxy) is 1. The highest BCUT2D eigenvalue weighted by Gasteiger charge is 2.13. The number of anilines is 1. The molecule has 17 heavy (non-hydrogen) atoms. The van der Waals surface area contributed by atoms with Crippen LogP contribution < -0.4 is 15.8 Å². The second kappa shape index (κ2) is 6.25. The minimum absolute atomic E-state index is 0.0842. The first-order valence-corrected chi connectivity index (χ1v) is 5.80. The van der Waals surface area contributed by atoms with Gasteiger partial charge in [-0.3, -0.25) is 4.79 Å². The van der Waals surface area contributed by atoms with Crippen LogP contribution >= 0.6 is 0 Å². The van der Waals surface area contributed by atoms with E-state index >= 15 is 0 Å². The van der Waals surface area contributed by atoms with Gasteiger partial charge in [0.15, 0.2) is 0 Å². The first-order valence-electron chi connectivity index (χ1n) is 5.80. The molecule has 3 N–H and O–H groups in total. The maximum absolute atomic E-state index is 11.8. The molecule has 0 aliphatic carbocycles. The third kappa shape index (κ3) is 3.46. The average Bonchev–Trinajstić information content (AvgIpc) is 2.37. The van der Waals surface area contributed by atoms with Crippen LogP contribution in [0, 0.1) is 5.92 Å². The molecule has 0 saturated carbocycles. The van der Waals surface area contributed by atoms with Crippen molar-refractivity contribution >= 4 is 11.6 Å². The largest absolute Gasteiger partial charge is 0.495 e. The smallest absolute Gasteiger partial charge is 0.228 e. The molecule has 1 aromatic carbocycles. The number of amides is 1. The molecular weight excluding hydrogens is 216 g/mol. The SMILES string of the molecule is CCc1ccc(OC)c(NC(=O)C(C)CN)c1. The molecular formula is C13H20N2O2. The van der Waals surface area contributed by atoms with E-state index in [4.69, 9.17) is 10.5 Å². The molecule has 1 rings (SSSR count). The number of benzene rings is 1. The molecule has 4 heteroatoms. The second-order valence-corrected chi connectivity index (χ2v) is 4.01. The summed E-state index contributed by atoms with van der Waals surface area (Å²) in [5, 5.41) is 2.84. The summed E-state index contributed by atoms with van der Waals surface area (Å²) in [5.41, 5.74) is 7.32. The lowest BCUT2D eigenvalue weighted by Gasteiger charge is -2.14. The van der Waals surface area contributed by atoms with Gasteiger partial charge in [0.05, 0.1) is 12.8 Å². The molecule has 0 aliphatic rings. The Labute approximate surface area is 102 Å². The topological polar surface area (TPSA) is 64.3 Å². The minimum Gasteiger partial charge on any atom is -0.495 e. The highest BCUT2D eigenvalue weighted by molar-refractivity contribution is 5.94. The number of hydrogen-bond acceptors (Lipinski definition) is 3. The summed E-state index contributed by atoms with van der Waals surface area (Å²) in [6.45, 7) is 4.20. The number of carbonyl (C=O) groups excluding carboxylic acids is 1. The van der Waals surface area contributed by atoms with Gasteiger partial charge in [-0.15, -0.1) is 0 Å². The Morgan fingerprint density at radius 1 is 1.53 bits per heavy atom. The van der Waals surface area contributed by atoms with Crippen molar-refractivity contribution < 1.29 is 9.53 Å². The summed E-state index contributed by atoms with van der Waals surface area (Å²) in [5.74, 6) is 0.379. The van der Waals surface area contributed by atoms with Crippen molar-refractivity contribution in [1.29, 1.82) is 0 Å². The molecule has 0 saturated heterocycles. The lowest BCUT2D eigenvalue weighted by Crippen LogP contribution is -2.26. The van der Waals surface area contributed by atoms with Crippen molar-refractivity contribution in [2.45, 2.75) is 20.3 Å². The fourth-order valence-electron chi connectivity index (χ4n) is 1.44. The van der Waals surface area contributed by atoms with Crippen LogP contribution in [-0.4, -0.2) is 19.6 Å². The van der Waals surface area contributed by atoms with Crippen molar-refractivity contribution in [3.8, 4) is 5.75 Å². The van der Waals surface area contributed by atoms with E-state index in [0.29, 0.717) is 18.0 Å². The average molecular weight is 236 g/mol. The molecule has 4 nitrogen and oxygen atoms in total. The van der Waals surface area contributed by atoms with Crippen molar-refractivity contribution in [2.75, 3.05) is 19.0 Å². The monoisotopic (exact) mass is 236 g/mol. The highest BCUT2D eigenvalue weighted by Crippen LogP contribution is 2.26. The van der Waals surface area contributed by atoms with Crippen molar-refractivity contribution in [2.24, 2.45) is 11.7 Å². The fraction of sp³-hybridized carbons (Fsp3) is 0.462. The number of hydrogen-bond donors (Lipinski definition) is 2. The van der Waals surface area contributed by atoms with Crippen LogP contribution in [0.1, 0.15) is 19.4 Å². The summed E-state index contributed by atoms with van der Waals surface area (Å²) in [7, 11) is 1.59. The van der Waals surface area contributed by atoms with E-state index in [1.54, 1.807) is 14.0 Å². The summed E-state index contributed by atoms with van der Waals surface area (Å²) < 4.78 is 5.21. The van der Waals surface area contributed by atoms with Gasteiger partial charge >= 0.3 is 0 Å². The van der Waals surface area contributed by atoms with Crippen LogP contribution in [-0.2, 0) is 11.2 Å². The Hall–Kier alpha value is -1.55. The van der Waals surface area contributed by atoms with Crippen LogP contribution in [0.25, 0.3) is 0 Å². The van der Waals surface area contributed by atoms with E-state index in [-0.39, 0.29) is 11.8 Å². The molecule has 1 amide bonds. The van der Waals surface area contributed by atoms with Gasteiger partial charge in [-0.2, -0.15) is 0 Å². The van der Waals surface area contributed by atoms with Crippen LogP contribution in [0.4, 0.5) is 5.69 Å². The standard InChI is InChI=1S/C13H20N2O2/c1-4-10-5-6-12(17-3)11(7-10)15-13(16)9(2)8-14/h5-7,9H,4,8,14H2,1-3H3,(H,15,16). The van der Waals surface area contributed by atoms with Gasteiger partial charge < -0.3 is 15.8 Å². The summed E-state index contributed by atoms with van der Waals surface area (Å²) in [4.78, 5) is 11.8. The molecule has 0 fully saturated rings. The Kier molecular flexibility index (Phi) is 4.97. The Morgan fingerprint density at radius 2 is 2.24 bits per heavy atom. The number of methoxy groups -OCH3 is 1. The zero-order chi connectivity index (χ0) is 12.8. The summed E-state index contributed by atoms with van der Waals surface area (Å²) >= 11 is 0. The zero-order valence-corrected chi connectivity index (χ0v) is 10.6. The van der Waals surface area contributed by atoms with Gasteiger partial charge in [0.2, 0.25) is 5.91 Å². The Balaban J connectivity index is 2.91. The fourth-order valence-corrected chi connectivity index (χ4v) is 1.44. The first kappa shape index (κ1) is 13.5. The quantitative estimate of drug-likeness (QED) is 0.819. The highest BCUT2D eigenvalue weighted by atomic mass is 16.5. The van der Waals surface area contributed by atoms with Crippen molar-refractivity contribution in [1.82, 2.24) is 0 Å². The lowest BCUT2D eigenvalue weighted by molar-refractivity contribution is -0.119. The molecule has 0 bridgehead atoms. The van der Waals surface area contributed by atoms with Crippen LogP contribution in [0.15, 0.2) is 18.2 Å². The number of carbonyl (C=O) groups is 1. The molecule has 0 aromatic heterocycles. The van der Waals surface area contributed by atoms with Crippen LogP contribution in [0.2, 0.25) is 0 Å². The first-order chi connectivity index (χ1) is 8.12. The Morgan fingerprint density at radius 3 is 2.76 bits per heavy atom. The summed E-state index contributed by atoms with van der Waals surface area (Å²) in [6, 6.07) is 5.78. The van der Waals surface area contributed by atoms with Crippen LogP contribution in [0.5, 0.6) is 5.75 Å². The zero-order valence-electron chi connectivity index (χ0n) is 10.6. The molecule has 0 aliphatic heterocycles. The molecule has 0 spiro atoms. The van der Waals surface area contributed by atoms with Crippen molar-refractivity contribution in [3.63, 3.8) is 0 Å². The van der Waals surface area contributed by atoms with E-state index in [1.807, 2.05) is 18.2 Å². The van der Waals surface area contributed by atoms with Crippen molar-refractivity contribution in [3.05, 3.63) is 23.8 Å². The molecule has 1 atom stereocenters. The lowest BCUT2D eigenvalue weighted by atomic mass is 10.1. The normalized spacial score (nSPS) is 12.0. The molecule has 0 heterocycles. The molecule has 1 unspecified atom stereocenters. The third-order valence-electron chi connectivity index (χ3n) is 2.73. The van der Waals surface area contributed by atoms with E-state index < -0.39 is 0 Å². The van der Waals surface area contributed by atoms with Gasteiger partial charge in [0.25, 0.3) is 0 Å². The van der Waals surface area contributed by atoms with Gasteiger partial charge in [0, 0.05) is 12.5 Å². The summed E-state index contributed by atoms with van der Waals surface area (Å²) in [6.07, 6.45) is 0.916. The minimum atomic E-state index is -0.204. The van der Waals surface area contributed by atoms with Crippen LogP contribution in [0.3, 0.4) is 0 Å². The molecule has 0 radical (unpaired) electrons. The maximum Gasteiger partial charge on any atom is 0.228 e. The molecule has 94 valence electrons. The van der Waals surface area contributed by atoms with Gasteiger partial charge in [-0.1, -0.05) is 19.9 Å². The van der Waals surface area contributed by atoms with E-state index in [0.717, 1.165) is 12.0 Å². The van der Waals surface area contributed by atoms with E-state index in [1.165, 1.54) is 0 Å². The third-order valence-corrected chi connectivity index (χ3v) is 2.73. The predicted molar refractivity (Wildman–Crippen MR) is 69.2 cm³/mol.